The van der Waals surface area contributed by atoms with Crippen LogP contribution < -0.4 is 11.1 Å². The van der Waals surface area contributed by atoms with E-state index in [1.807, 2.05) is 0 Å². The summed E-state index contributed by atoms with van der Waals surface area (Å²) in [7, 11) is 0. The van der Waals surface area contributed by atoms with E-state index in [1.54, 1.807) is 0 Å². The van der Waals surface area contributed by atoms with E-state index in [4.69, 9.17) is 10.8 Å². The number of carbonyl (C=O) groups is 2. The molecule has 0 saturated heterocycles. The zero-order valence-electron chi connectivity index (χ0n) is 9.57. The van der Waals surface area contributed by atoms with Gasteiger partial charge in [0.25, 0.3) is 5.91 Å². The van der Waals surface area contributed by atoms with Crippen LogP contribution in [0.1, 0.15) is 16.3 Å². The number of hydrogen-bond acceptors (Lipinski definition) is 7. The van der Waals surface area contributed by atoms with Gasteiger partial charge in [-0.1, -0.05) is 5.21 Å². The molecule has 2 rings (SSSR count). The predicted octanol–water partition coefficient (Wildman–Crippen LogP) is -2.01. The van der Waals surface area contributed by atoms with Gasteiger partial charge in [-0.05, 0) is 0 Å². The molecular weight excluding hydrogens is 256 g/mol. The summed E-state index contributed by atoms with van der Waals surface area (Å²) in [5, 5.41) is 24.2. The van der Waals surface area contributed by atoms with Crippen molar-refractivity contribution in [3.8, 4) is 0 Å². The van der Waals surface area contributed by atoms with Crippen LogP contribution in [0.15, 0.2) is 6.20 Å². The number of aromatic amines is 1. The number of rotatable bonds is 5. The zero-order valence-corrected chi connectivity index (χ0v) is 9.57. The molecule has 0 aliphatic rings. The molecule has 1 amide bonds. The highest BCUT2D eigenvalue weighted by atomic mass is 16.4. The van der Waals surface area contributed by atoms with Crippen molar-refractivity contribution in [2.24, 2.45) is 0 Å². The molecule has 2 aromatic rings. The van der Waals surface area contributed by atoms with Gasteiger partial charge in [-0.25, -0.2) is 4.68 Å². The second-order valence-corrected chi connectivity index (χ2v) is 3.53. The fourth-order valence-corrected chi connectivity index (χ4v) is 1.27. The van der Waals surface area contributed by atoms with Crippen molar-refractivity contribution in [2.45, 2.75) is 13.1 Å². The molecule has 100 valence electrons. The van der Waals surface area contributed by atoms with Gasteiger partial charge in [0.1, 0.15) is 12.2 Å². The molecule has 0 aliphatic carbocycles. The predicted molar refractivity (Wildman–Crippen MR) is 59.6 cm³/mol. The molecule has 5 N–H and O–H groups in total. The Morgan fingerprint density at radius 1 is 1.53 bits per heavy atom. The molecule has 2 aromatic heterocycles. The van der Waals surface area contributed by atoms with Crippen molar-refractivity contribution in [1.82, 2.24) is 35.5 Å². The summed E-state index contributed by atoms with van der Waals surface area (Å²) in [5.74, 6) is -1.58. The highest BCUT2D eigenvalue weighted by Crippen LogP contribution is 1.96. The first-order chi connectivity index (χ1) is 9.04. The molecule has 0 atom stereocenters. The Balaban J connectivity index is 1.90. The Morgan fingerprint density at radius 2 is 2.32 bits per heavy atom. The third-order valence-corrected chi connectivity index (χ3v) is 2.03. The lowest BCUT2D eigenvalue weighted by Gasteiger charge is -1.98. The molecule has 19 heavy (non-hydrogen) atoms. The number of nitrogen functional groups attached to an aromatic ring is 1. The summed E-state index contributed by atoms with van der Waals surface area (Å²) >= 11 is 0. The average molecular weight is 266 g/mol. The van der Waals surface area contributed by atoms with Crippen molar-refractivity contribution < 1.29 is 14.7 Å². The molecule has 0 unspecified atom stereocenters. The molecule has 0 bridgehead atoms. The van der Waals surface area contributed by atoms with Crippen LogP contribution in [0, 0.1) is 0 Å². The summed E-state index contributed by atoms with van der Waals surface area (Å²) in [6.45, 7) is -0.210. The molecule has 11 heteroatoms. The van der Waals surface area contributed by atoms with Crippen molar-refractivity contribution in [1.29, 1.82) is 0 Å². The summed E-state index contributed by atoms with van der Waals surface area (Å²) < 4.78 is 1.15. The maximum absolute atomic E-state index is 11.6. The van der Waals surface area contributed by atoms with Gasteiger partial charge in [-0.15, -0.1) is 10.2 Å². The molecule has 0 aliphatic heterocycles. The van der Waals surface area contributed by atoms with E-state index in [2.05, 4.69) is 30.8 Å². The zero-order chi connectivity index (χ0) is 13.8. The Labute approximate surface area is 105 Å². The molecule has 0 fully saturated rings. The van der Waals surface area contributed by atoms with Crippen LogP contribution in [0.5, 0.6) is 0 Å². The SMILES string of the molecule is Nc1n[nH]c(C(=O)NCc2cn(CC(=O)O)nn2)n1. The van der Waals surface area contributed by atoms with Gasteiger partial charge in [0.05, 0.1) is 12.7 Å². The van der Waals surface area contributed by atoms with E-state index in [-0.39, 0.29) is 24.9 Å². The number of aromatic nitrogens is 6. The number of aliphatic carboxylic acids is 1. The third-order valence-electron chi connectivity index (χ3n) is 2.03. The second-order valence-electron chi connectivity index (χ2n) is 3.53. The minimum Gasteiger partial charge on any atom is -0.480 e. The topological polar surface area (TPSA) is 165 Å². The minimum atomic E-state index is -1.03. The number of hydrogen-bond donors (Lipinski definition) is 4. The van der Waals surface area contributed by atoms with E-state index >= 15 is 0 Å². The largest absolute Gasteiger partial charge is 0.480 e. The molecular formula is C8H10N8O3. The lowest BCUT2D eigenvalue weighted by Crippen LogP contribution is -2.24. The second kappa shape index (κ2) is 5.12. The van der Waals surface area contributed by atoms with Crippen molar-refractivity contribution in [2.75, 3.05) is 5.73 Å². The first-order valence-corrected chi connectivity index (χ1v) is 5.11. The molecule has 11 nitrogen and oxygen atoms in total. The van der Waals surface area contributed by atoms with Gasteiger partial charge in [-0.2, -0.15) is 4.98 Å². The number of H-pyrrole nitrogens is 1. The van der Waals surface area contributed by atoms with E-state index < -0.39 is 11.9 Å². The van der Waals surface area contributed by atoms with E-state index in [0.717, 1.165) is 4.68 Å². The van der Waals surface area contributed by atoms with Crippen molar-refractivity contribution in [3.05, 3.63) is 17.7 Å². The van der Waals surface area contributed by atoms with Crippen LogP contribution in [-0.2, 0) is 17.9 Å². The van der Waals surface area contributed by atoms with E-state index in [9.17, 15) is 9.59 Å². The van der Waals surface area contributed by atoms with Gasteiger partial charge in [0.2, 0.25) is 11.8 Å². The van der Waals surface area contributed by atoms with Crippen LogP contribution in [0.4, 0.5) is 5.95 Å². The molecule has 0 radical (unpaired) electrons. The number of nitrogens with two attached hydrogens (primary N) is 1. The standard InChI is InChI=1S/C8H10N8O3/c9-8-11-6(13-14-8)7(19)10-1-4-2-16(15-12-4)3-5(17)18/h2H,1,3H2,(H,10,19)(H,17,18)(H3,9,11,13,14). The average Bonchev–Trinajstić information content (AvgIpc) is 2.94. The number of anilines is 1. The van der Waals surface area contributed by atoms with Crippen molar-refractivity contribution in [3.63, 3.8) is 0 Å². The first kappa shape index (κ1) is 12.5. The quantitative estimate of drug-likeness (QED) is 0.482. The smallest absolute Gasteiger partial charge is 0.325 e. The van der Waals surface area contributed by atoms with Gasteiger partial charge in [0.15, 0.2) is 0 Å². The van der Waals surface area contributed by atoms with Gasteiger partial charge < -0.3 is 16.2 Å². The van der Waals surface area contributed by atoms with E-state index in [0.29, 0.717) is 5.69 Å². The van der Waals surface area contributed by atoms with Gasteiger partial charge in [0, 0.05) is 0 Å². The van der Waals surface area contributed by atoms with Gasteiger partial charge in [-0.3, -0.25) is 14.7 Å². The van der Waals surface area contributed by atoms with Crippen LogP contribution >= 0.6 is 0 Å². The third kappa shape index (κ3) is 3.24. The normalized spacial score (nSPS) is 10.3. The highest BCUT2D eigenvalue weighted by Gasteiger charge is 2.11. The van der Waals surface area contributed by atoms with E-state index in [1.165, 1.54) is 6.20 Å². The summed E-state index contributed by atoms with van der Waals surface area (Å²) in [6, 6.07) is 0. The highest BCUT2D eigenvalue weighted by molar-refractivity contribution is 5.90. The lowest BCUT2D eigenvalue weighted by atomic mass is 10.4. The molecule has 0 spiro atoms. The Morgan fingerprint density at radius 3 is 2.95 bits per heavy atom. The Kier molecular flexibility index (Phi) is 3.36. The number of nitrogens with one attached hydrogen (secondary N) is 2. The summed E-state index contributed by atoms with van der Waals surface area (Å²) in [5.41, 5.74) is 5.68. The summed E-state index contributed by atoms with van der Waals surface area (Å²) in [6.07, 6.45) is 1.42. The fraction of sp³-hybridized carbons (Fsp3) is 0.250. The number of carboxylic acid groups (broad SMARTS) is 1. The maximum atomic E-state index is 11.6. The number of carbonyl (C=O) groups excluding carboxylic acids is 1. The Hall–Kier alpha value is -2.98. The fourth-order valence-electron chi connectivity index (χ4n) is 1.27. The molecule has 2 heterocycles. The summed E-state index contributed by atoms with van der Waals surface area (Å²) in [4.78, 5) is 25.7. The van der Waals surface area contributed by atoms with Crippen LogP contribution in [0.2, 0.25) is 0 Å². The monoisotopic (exact) mass is 266 g/mol. The number of carboxylic acids is 1. The molecule has 0 saturated carbocycles. The van der Waals surface area contributed by atoms with Crippen molar-refractivity contribution >= 4 is 17.8 Å². The van der Waals surface area contributed by atoms with Crippen LogP contribution in [-0.4, -0.2) is 47.2 Å². The Bertz CT molecular complexity index is 603. The number of nitrogens with zero attached hydrogens (tertiary/aromatic N) is 5. The van der Waals surface area contributed by atoms with Gasteiger partial charge >= 0.3 is 5.97 Å². The van der Waals surface area contributed by atoms with Crippen LogP contribution in [0.25, 0.3) is 0 Å². The number of amides is 1. The maximum Gasteiger partial charge on any atom is 0.325 e. The first-order valence-electron chi connectivity index (χ1n) is 5.11. The lowest BCUT2D eigenvalue weighted by molar-refractivity contribution is -0.137. The van der Waals surface area contributed by atoms with Crippen LogP contribution in [0.3, 0.4) is 0 Å². The molecule has 0 aromatic carbocycles. The minimum absolute atomic E-state index is 0.0181.